The zero-order chi connectivity index (χ0) is 18.8. The van der Waals surface area contributed by atoms with Gasteiger partial charge in [0.15, 0.2) is 11.5 Å². The van der Waals surface area contributed by atoms with E-state index in [1.807, 2.05) is 6.07 Å². The zero-order valence-corrected chi connectivity index (χ0v) is 14.8. The first-order valence-corrected chi connectivity index (χ1v) is 8.32. The number of nitrogens with one attached hydrogen (secondary N) is 1. The molecule has 1 unspecified atom stereocenters. The Balaban J connectivity index is 1.46. The Morgan fingerprint density at radius 3 is 2.70 bits per heavy atom. The summed E-state index contributed by atoms with van der Waals surface area (Å²) in [6.07, 6.45) is 0. The molecule has 0 saturated heterocycles. The Morgan fingerprint density at radius 2 is 1.93 bits per heavy atom. The fraction of sp³-hybridized carbons (Fsp3) is 0.211. The summed E-state index contributed by atoms with van der Waals surface area (Å²) < 4.78 is 21.0. The lowest BCUT2D eigenvalue weighted by atomic mass is 10.2. The molecule has 1 amide bonds. The van der Waals surface area contributed by atoms with Crippen molar-refractivity contribution in [2.45, 2.75) is 13.0 Å². The van der Waals surface area contributed by atoms with Crippen LogP contribution in [-0.4, -0.2) is 30.0 Å². The number of carbonyl (C=O) groups excluding carboxylic acids is 1. The minimum absolute atomic E-state index is 0.199. The molecule has 1 aliphatic heterocycles. The van der Waals surface area contributed by atoms with E-state index in [-0.39, 0.29) is 12.7 Å². The average molecular weight is 367 g/mol. The second-order valence-electron chi connectivity index (χ2n) is 5.95. The van der Waals surface area contributed by atoms with Gasteiger partial charge in [0.1, 0.15) is 11.8 Å². The quantitative estimate of drug-likeness (QED) is 0.740. The van der Waals surface area contributed by atoms with Crippen molar-refractivity contribution in [2.75, 3.05) is 13.9 Å². The number of methoxy groups -OCH3 is 1. The third kappa shape index (κ3) is 3.41. The van der Waals surface area contributed by atoms with Crippen molar-refractivity contribution < 1.29 is 23.5 Å². The molecule has 2 heterocycles. The Hall–Kier alpha value is -3.55. The molecular formula is C19H17N3O5. The molecule has 0 spiro atoms. The van der Waals surface area contributed by atoms with Crippen LogP contribution in [0.15, 0.2) is 47.0 Å². The molecule has 8 nitrogen and oxygen atoms in total. The highest BCUT2D eigenvalue weighted by atomic mass is 16.7. The second-order valence-corrected chi connectivity index (χ2v) is 5.95. The number of aromatic nitrogens is 2. The zero-order valence-electron chi connectivity index (χ0n) is 14.8. The summed E-state index contributed by atoms with van der Waals surface area (Å²) in [6.45, 7) is 1.98. The molecule has 138 valence electrons. The van der Waals surface area contributed by atoms with Gasteiger partial charge in [0.05, 0.1) is 7.11 Å². The van der Waals surface area contributed by atoms with E-state index in [4.69, 9.17) is 18.7 Å². The summed E-state index contributed by atoms with van der Waals surface area (Å²) in [7, 11) is 1.57. The lowest BCUT2D eigenvalue weighted by Gasteiger charge is -2.10. The van der Waals surface area contributed by atoms with Crippen LogP contribution >= 0.6 is 0 Å². The fourth-order valence-corrected chi connectivity index (χ4v) is 2.65. The number of hydrogen-bond acceptors (Lipinski definition) is 7. The first kappa shape index (κ1) is 16.9. The van der Waals surface area contributed by atoms with Crippen LogP contribution in [0.3, 0.4) is 0 Å². The Morgan fingerprint density at radius 1 is 1.15 bits per heavy atom. The van der Waals surface area contributed by atoms with E-state index < -0.39 is 6.04 Å². The molecule has 0 radical (unpaired) electrons. The number of benzene rings is 2. The van der Waals surface area contributed by atoms with Crippen molar-refractivity contribution in [3.63, 3.8) is 0 Å². The molecule has 3 aromatic rings. The highest BCUT2D eigenvalue weighted by molar-refractivity contribution is 5.94. The third-order valence-corrected chi connectivity index (χ3v) is 4.14. The van der Waals surface area contributed by atoms with Gasteiger partial charge in [0.2, 0.25) is 18.5 Å². The number of nitrogens with zero attached hydrogens (tertiary/aromatic N) is 2. The van der Waals surface area contributed by atoms with Gasteiger partial charge in [-0.05, 0) is 49.4 Å². The lowest BCUT2D eigenvalue weighted by molar-refractivity contribution is 0.0932. The first-order chi connectivity index (χ1) is 13.1. The molecular weight excluding hydrogens is 350 g/mol. The summed E-state index contributed by atoms with van der Waals surface area (Å²) in [6, 6.07) is 11.8. The molecule has 4 rings (SSSR count). The van der Waals surface area contributed by atoms with Crippen molar-refractivity contribution in [3.05, 3.63) is 53.9 Å². The molecule has 8 heteroatoms. The highest BCUT2D eigenvalue weighted by Crippen LogP contribution is 2.35. The van der Waals surface area contributed by atoms with Gasteiger partial charge in [-0.25, -0.2) is 0 Å². The van der Waals surface area contributed by atoms with Crippen LogP contribution in [-0.2, 0) is 0 Å². The largest absolute Gasteiger partial charge is 0.497 e. The van der Waals surface area contributed by atoms with Crippen molar-refractivity contribution in [1.29, 1.82) is 0 Å². The molecule has 1 aromatic heterocycles. The van der Waals surface area contributed by atoms with E-state index in [2.05, 4.69) is 15.5 Å². The maximum Gasteiger partial charge on any atom is 0.251 e. The van der Waals surface area contributed by atoms with E-state index in [0.717, 1.165) is 5.56 Å². The number of ether oxygens (including phenoxy) is 3. The number of rotatable bonds is 5. The maximum atomic E-state index is 12.4. The van der Waals surface area contributed by atoms with Gasteiger partial charge in [-0.15, -0.1) is 0 Å². The molecule has 27 heavy (non-hydrogen) atoms. The predicted octanol–water partition coefficient (Wildman–Crippen LogP) is 2.96. The minimum atomic E-state index is -0.449. The van der Waals surface area contributed by atoms with Crippen LogP contribution in [0.1, 0.15) is 29.2 Å². The Bertz CT molecular complexity index is 968. The average Bonchev–Trinajstić information content (AvgIpc) is 3.36. The third-order valence-electron chi connectivity index (χ3n) is 4.14. The number of hydrogen-bond donors (Lipinski definition) is 1. The molecule has 1 atom stereocenters. The van der Waals surface area contributed by atoms with Crippen LogP contribution < -0.4 is 19.5 Å². The van der Waals surface area contributed by atoms with E-state index in [1.165, 1.54) is 0 Å². The summed E-state index contributed by atoms with van der Waals surface area (Å²) in [4.78, 5) is 16.7. The predicted molar refractivity (Wildman–Crippen MR) is 94.7 cm³/mol. The first-order valence-electron chi connectivity index (χ1n) is 8.32. The van der Waals surface area contributed by atoms with Crippen LogP contribution in [0.25, 0.3) is 11.4 Å². The van der Waals surface area contributed by atoms with Crippen molar-refractivity contribution in [1.82, 2.24) is 15.5 Å². The normalized spacial score (nSPS) is 13.3. The van der Waals surface area contributed by atoms with Gasteiger partial charge in [0.25, 0.3) is 5.91 Å². The standard InChI is InChI=1S/C19H17N3O5/c1-11(20-18(23)12-3-6-14(24-2)7-4-12)19-21-17(22-27-19)13-5-8-15-16(9-13)26-10-25-15/h3-9,11H,10H2,1-2H3,(H,20,23). The number of amides is 1. The summed E-state index contributed by atoms with van der Waals surface area (Å²) in [5, 5.41) is 6.82. The molecule has 0 fully saturated rings. The molecule has 1 aliphatic rings. The Kier molecular flexibility index (Phi) is 4.37. The van der Waals surface area contributed by atoms with Crippen LogP contribution in [0, 0.1) is 0 Å². The van der Waals surface area contributed by atoms with E-state index in [0.29, 0.717) is 34.5 Å². The van der Waals surface area contributed by atoms with Crippen LogP contribution in [0.2, 0.25) is 0 Å². The van der Waals surface area contributed by atoms with E-state index >= 15 is 0 Å². The Labute approximate surface area is 155 Å². The second kappa shape index (κ2) is 6.99. The van der Waals surface area contributed by atoms with Gasteiger partial charge in [0, 0.05) is 11.1 Å². The molecule has 0 aliphatic carbocycles. The van der Waals surface area contributed by atoms with Crippen molar-refractivity contribution in [3.8, 4) is 28.6 Å². The summed E-state index contributed by atoms with van der Waals surface area (Å²) in [5.41, 5.74) is 1.25. The summed E-state index contributed by atoms with van der Waals surface area (Å²) >= 11 is 0. The monoisotopic (exact) mass is 367 g/mol. The van der Waals surface area contributed by atoms with Crippen molar-refractivity contribution >= 4 is 5.91 Å². The molecule has 2 aromatic carbocycles. The van der Waals surface area contributed by atoms with E-state index in [1.54, 1.807) is 50.4 Å². The summed E-state index contributed by atoms with van der Waals surface area (Å²) in [5.74, 6) is 2.48. The highest BCUT2D eigenvalue weighted by Gasteiger charge is 2.20. The molecule has 0 bridgehead atoms. The van der Waals surface area contributed by atoms with Crippen molar-refractivity contribution in [2.24, 2.45) is 0 Å². The van der Waals surface area contributed by atoms with Gasteiger partial charge < -0.3 is 24.1 Å². The number of carbonyl (C=O) groups is 1. The van der Waals surface area contributed by atoms with Gasteiger partial charge in [-0.2, -0.15) is 4.98 Å². The number of fused-ring (bicyclic) bond motifs is 1. The van der Waals surface area contributed by atoms with Gasteiger partial charge in [-0.3, -0.25) is 4.79 Å². The molecule has 1 N–H and O–H groups in total. The minimum Gasteiger partial charge on any atom is -0.497 e. The van der Waals surface area contributed by atoms with E-state index in [9.17, 15) is 4.79 Å². The smallest absolute Gasteiger partial charge is 0.251 e. The van der Waals surface area contributed by atoms with Crippen LogP contribution in [0.5, 0.6) is 17.2 Å². The van der Waals surface area contributed by atoms with Crippen LogP contribution in [0.4, 0.5) is 0 Å². The topological polar surface area (TPSA) is 95.7 Å². The lowest BCUT2D eigenvalue weighted by Crippen LogP contribution is -2.26. The SMILES string of the molecule is COc1ccc(C(=O)NC(C)c2nc(-c3ccc4c(c3)OCO4)no2)cc1. The van der Waals surface area contributed by atoms with Gasteiger partial charge >= 0.3 is 0 Å². The fourth-order valence-electron chi connectivity index (χ4n) is 2.65. The molecule has 0 saturated carbocycles. The maximum absolute atomic E-state index is 12.4. The van der Waals surface area contributed by atoms with Gasteiger partial charge in [-0.1, -0.05) is 5.16 Å².